The molecule has 2 atom stereocenters. The Bertz CT molecular complexity index is 1100. The van der Waals surface area contributed by atoms with Crippen molar-refractivity contribution >= 4 is 18.1 Å². The van der Waals surface area contributed by atoms with E-state index in [0.29, 0.717) is 56.8 Å². The third-order valence-corrected chi connectivity index (χ3v) is 7.61. The first-order valence-corrected chi connectivity index (χ1v) is 13.5. The van der Waals surface area contributed by atoms with Crippen molar-refractivity contribution in [2.75, 3.05) is 31.1 Å². The Morgan fingerprint density at radius 1 is 1.16 bits per heavy atom. The summed E-state index contributed by atoms with van der Waals surface area (Å²) in [6, 6.07) is 10.9. The molecule has 9 nitrogen and oxygen atoms in total. The maximum absolute atomic E-state index is 13.3. The van der Waals surface area contributed by atoms with Crippen LogP contribution < -0.4 is 4.90 Å². The zero-order chi connectivity index (χ0) is 26.2. The maximum atomic E-state index is 13.3. The van der Waals surface area contributed by atoms with Gasteiger partial charge in [0.2, 0.25) is 0 Å². The number of aromatic nitrogens is 2. The first kappa shape index (κ1) is 25.5. The summed E-state index contributed by atoms with van der Waals surface area (Å²) in [4.78, 5) is 34.1. The van der Waals surface area contributed by atoms with Gasteiger partial charge in [0.05, 0.1) is 17.9 Å². The zero-order valence-corrected chi connectivity index (χ0v) is 22.3. The third-order valence-electron chi connectivity index (χ3n) is 7.61. The highest BCUT2D eigenvalue weighted by atomic mass is 16.6. The summed E-state index contributed by atoms with van der Waals surface area (Å²) in [5, 5.41) is 4.35. The number of hydrogen-bond acceptors (Lipinski definition) is 8. The molecule has 1 aliphatic heterocycles. The second-order valence-electron chi connectivity index (χ2n) is 11.6. The van der Waals surface area contributed by atoms with Crippen LogP contribution in [0.1, 0.15) is 77.1 Å². The van der Waals surface area contributed by atoms with Gasteiger partial charge < -0.3 is 23.8 Å². The molecule has 2 aliphatic carbocycles. The van der Waals surface area contributed by atoms with Crippen LogP contribution >= 0.6 is 0 Å². The molecule has 2 aromatic rings. The van der Waals surface area contributed by atoms with E-state index in [1.807, 2.05) is 55.7 Å². The molecule has 9 heteroatoms. The molecule has 2 heterocycles. The van der Waals surface area contributed by atoms with Crippen molar-refractivity contribution in [1.29, 1.82) is 0 Å². The average Bonchev–Trinajstić information content (AvgIpc) is 3.78. The summed E-state index contributed by atoms with van der Waals surface area (Å²) in [7, 11) is 0. The fourth-order valence-electron chi connectivity index (χ4n) is 5.28. The molecule has 0 unspecified atom stereocenters. The second kappa shape index (κ2) is 9.99. The Morgan fingerprint density at radius 2 is 1.86 bits per heavy atom. The van der Waals surface area contributed by atoms with Crippen molar-refractivity contribution in [3.63, 3.8) is 0 Å². The highest BCUT2D eigenvalue weighted by molar-refractivity contribution is 5.72. The maximum Gasteiger partial charge on any atom is 0.410 e. The lowest BCUT2D eigenvalue weighted by atomic mass is 9.97. The molecule has 3 fully saturated rings. The summed E-state index contributed by atoms with van der Waals surface area (Å²) in [6.07, 6.45) is 3.85. The van der Waals surface area contributed by atoms with Crippen LogP contribution in [0.15, 0.2) is 34.9 Å². The van der Waals surface area contributed by atoms with Gasteiger partial charge in [0, 0.05) is 31.6 Å². The van der Waals surface area contributed by atoms with E-state index in [4.69, 9.17) is 19.0 Å². The molecule has 5 rings (SSSR count). The van der Waals surface area contributed by atoms with E-state index in [-0.39, 0.29) is 29.4 Å². The monoisotopic (exact) mass is 510 g/mol. The Balaban J connectivity index is 1.27. The fourth-order valence-corrected chi connectivity index (χ4v) is 5.28. The Hall–Kier alpha value is -3.10. The lowest BCUT2D eigenvalue weighted by molar-refractivity contribution is -0.148. The number of amides is 1. The quantitative estimate of drug-likeness (QED) is 0.473. The van der Waals surface area contributed by atoms with E-state index < -0.39 is 5.60 Å². The molecule has 3 aliphatic rings. The number of ether oxygens (including phenoxy) is 2. The van der Waals surface area contributed by atoms with Crippen LogP contribution in [0.4, 0.5) is 10.8 Å². The molecule has 1 amide bonds. The topological polar surface area (TPSA) is 98.0 Å². The lowest BCUT2D eigenvalue weighted by Gasteiger charge is -2.30. The summed E-state index contributed by atoms with van der Waals surface area (Å²) < 4.78 is 16.7. The van der Waals surface area contributed by atoms with Gasteiger partial charge in [-0.15, -0.1) is 0 Å². The van der Waals surface area contributed by atoms with Crippen LogP contribution in [0, 0.1) is 5.92 Å². The number of hydrogen-bond donors (Lipinski definition) is 0. The first-order chi connectivity index (χ1) is 17.7. The summed E-state index contributed by atoms with van der Waals surface area (Å²) in [5.41, 5.74) is 0.364. The van der Waals surface area contributed by atoms with Gasteiger partial charge in [-0.25, -0.2) is 4.79 Å². The van der Waals surface area contributed by atoms with Gasteiger partial charge in [0.25, 0.3) is 0 Å². The van der Waals surface area contributed by atoms with Crippen LogP contribution in [0.3, 0.4) is 0 Å². The van der Waals surface area contributed by atoms with E-state index in [1.165, 1.54) is 5.56 Å². The fraction of sp³-hybridized carbons (Fsp3) is 0.643. The van der Waals surface area contributed by atoms with Crippen LogP contribution in [0.2, 0.25) is 0 Å². The minimum absolute atomic E-state index is 0.0770. The molecule has 37 heavy (non-hydrogen) atoms. The van der Waals surface area contributed by atoms with Gasteiger partial charge in [-0.05, 0) is 65.4 Å². The van der Waals surface area contributed by atoms with Gasteiger partial charge >= 0.3 is 18.1 Å². The van der Waals surface area contributed by atoms with Crippen molar-refractivity contribution in [2.24, 2.45) is 5.92 Å². The van der Waals surface area contributed by atoms with Crippen LogP contribution in [0.5, 0.6) is 0 Å². The number of carbonyl (C=O) groups is 2. The van der Waals surface area contributed by atoms with E-state index in [2.05, 4.69) is 17.3 Å². The normalized spacial score (nSPS) is 22.9. The smallest absolute Gasteiger partial charge is 0.410 e. The largest absolute Gasteiger partial charge is 0.466 e. The summed E-state index contributed by atoms with van der Waals surface area (Å²) >= 11 is 0. The van der Waals surface area contributed by atoms with Gasteiger partial charge in [-0.1, -0.05) is 35.5 Å². The van der Waals surface area contributed by atoms with E-state index in [9.17, 15) is 9.59 Å². The van der Waals surface area contributed by atoms with Crippen LogP contribution in [-0.2, 0) is 19.7 Å². The summed E-state index contributed by atoms with van der Waals surface area (Å²) in [6.45, 7) is 9.78. The highest BCUT2D eigenvalue weighted by Crippen LogP contribution is 2.52. The minimum Gasteiger partial charge on any atom is -0.466 e. The van der Waals surface area contributed by atoms with E-state index in [1.54, 1.807) is 0 Å². The molecule has 1 saturated heterocycles. The number of esters is 1. The van der Waals surface area contributed by atoms with E-state index in [0.717, 1.165) is 19.3 Å². The molecule has 1 aromatic carbocycles. The van der Waals surface area contributed by atoms with Gasteiger partial charge in [0.15, 0.2) is 5.82 Å². The second-order valence-corrected chi connectivity index (χ2v) is 11.6. The predicted molar refractivity (Wildman–Crippen MR) is 137 cm³/mol. The minimum atomic E-state index is -0.571. The average molecular weight is 511 g/mol. The Morgan fingerprint density at radius 3 is 2.49 bits per heavy atom. The van der Waals surface area contributed by atoms with Crippen molar-refractivity contribution < 1.29 is 23.6 Å². The SMILES string of the molecule is CCOC(=O)C1CCN(c2nc(C3(CN(C(=O)OC(C)(C)C)[C@@H]4C[C@H]4c4ccccc4)CC3)no2)CC1. The number of anilines is 1. The Labute approximate surface area is 218 Å². The Kier molecular flexibility index (Phi) is 6.89. The third kappa shape index (κ3) is 5.75. The molecule has 1 aromatic heterocycles. The predicted octanol–water partition coefficient (Wildman–Crippen LogP) is 4.67. The lowest BCUT2D eigenvalue weighted by Crippen LogP contribution is -2.43. The first-order valence-electron chi connectivity index (χ1n) is 13.5. The summed E-state index contributed by atoms with van der Waals surface area (Å²) in [5.74, 6) is 0.764. The van der Waals surface area contributed by atoms with Crippen molar-refractivity contribution in [2.45, 2.75) is 82.8 Å². The van der Waals surface area contributed by atoms with Crippen molar-refractivity contribution in [3.8, 4) is 0 Å². The van der Waals surface area contributed by atoms with E-state index >= 15 is 0 Å². The molecule has 0 radical (unpaired) electrons. The number of piperidine rings is 1. The molecule has 0 N–H and O–H groups in total. The number of carbonyl (C=O) groups excluding carboxylic acids is 2. The molecule has 2 saturated carbocycles. The standard InChI is InChI=1S/C28H38N4O5/c1-5-35-23(33)20-11-15-31(16-12-20)25-29-24(30-37-25)28(13-14-28)18-32(26(34)36-27(2,3)4)22-17-21(22)19-9-7-6-8-10-19/h6-10,20-22H,5,11-18H2,1-4H3/t21-,22+/m0/s1. The zero-order valence-electron chi connectivity index (χ0n) is 22.3. The molecule has 0 spiro atoms. The van der Waals surface area contributed by atoms with Crippen molar-refractivity contribution in [3.05, 3.63) is 41.7 Å². The van der Waals surface area contributed by atoms with Gasteiger partial charge in [0.1, 0.15) is 5.60 Å². The molecular formula is C28H38N4O5. The number of rotatable bonds is 8. The molecule has 0 bridgehead atoms. The van der Waals surface area contributed by atoms with Crippen LogP contribution in [-0.4, -0.2) is 65.0 Å². The van der Waals surface area contributed by atoms with Crippen LogP contribution in [0.25, 0.3) is 0 Å². The number of nitrogens with zero attached hydrogens (tertiary/aromatic N) is 4. The highest BCUT2D eigenvalue weighted by Gasteiger charge is 2.55. The number of benzene rings is 1. The van der Waals surface area contributed by atoms with Crippen molar-refractivity contribution in [1.82, 2.24) is 15.0 Å². The van der Waals surface area contributed by atoms with Gasteiger partial charge in [-0.3, -0.25) is 4.79 Å². The van der Waals surface area contributed by atoms with Gasteiger partial charge in [-0.2, -0.15) is 4.98 Å². The molecule has 200 valence electrons. The molecular weight excluding hydrogens is 472 g/mol.